The largest absolute Gasteiger partial charge is 0.481 e. The second kappa shape index (κ2) is 4.41. The third-order valence-electron chi connectivity index (χ3n) is 1.56. The first-order valence-corrected chi connectivity index (χ1v) is 4.05. The fraction of sp³-hybridized carbons (Fsp3) is 0.200. The minimum absolute atomic E-state index is 0.222. The van der Waals surface area contributed by atoms with Crippen molar-refractivity contribution in [3.8, 4) is 0 Å². The lowest BCUT2D eigenvalue weighted by Gasteiger charge is -1.94. The minimum Gasteiger partial charge on any atom is -0.481 e. The number of hydrogen-bond acceptors (Lipinski definition) is 3. The van der Waals surface area contributed by atoms with Crippen LogP contribution < -0.4 is 0 Å². The second-order valence-electron chi connectivity index (χ2n) is 2.79. The number of ether oxygens (including phenoxy) is 1. The Hall–Kier alpha value is -1.84. The molecule has 14 heavy (non-hydrogen) atoms. The van der Waals surface area contributed by atoms with Crippen LogP contribution in [0, 0.1) is 0 Å². The normalized spacial score (nSPS) is 12.2. The molecular weight excluding hydrogens is 184 g/mol. The lowest BCUT2D eigenvalue weighted by molar-refractivity contribution is -0.134. The number of carbonyl (C=O) groups is 2. The molecule has 0 spiro atoms. The lowest BCUT2D eigenvalue weighted by Crippen LogP contribution is -1.99. The van der Waals surface area contributed by atoms with E-state index in [0.29, 0.717) is 12.2 Å². The molecule has 2 aliphatic rings. The maximum Gasteiger partial charge on any atom is 0.338 e. The zero-order valence-corrected chi connectivity index (χ0v) is 7.69. The van der Waals surface area contributed by atoms with Gasteiger partial charge >= 0.3 is 5.97 Å². The molecule has 0 aromatic heterocycles. The summed E-state index contributed by atoms with van der Waals surface area (Å²) in [7, 11) is 0. The molecule has 2 bridgehead atoms. The SMILES string of the molecule is CC(=O)O.O=C1OCc2ccc1cc2. The molecule has 3 rings (SSSR count). The predicted molar refractivity (Wildman–Crippen MR) is 48.9 cm³/mol. The van der Waals surface area contributed by atoms with Crippen molar-refractivity contribution in [1.29, 1.82) is 0 Å². The number of esters is 1. The van der Waals surface area contributed by atoms with Crippen LogP contribution in [0.4, 0.5) is 0 Å². The molecule has 1 aromatic rings. The molecule has 2 heterocycles. The molecule has 0 aliphatic carbocycles. The van der Waals surface area contributed by atoms with Crippen LogP contribution in [0.5, 0.6) is 0 Å². The zero-order chi connectivity index (χ0) is 10.6. The Kier molecular flexibility index (Phi) is 3.23. The first kappa shape index (κ1) is 10.2. The van der Waals surface area contributed by atoms with E-state index in [1.54, 1.807) is 12.1 Å². The molecule has 0 atom stereocenters. The lowest BCUT2D eigenvalue weighted by atomic mass is 10.2. The van der Waals surface area contributed by atoms with Crippen molar-refractivity contribution in [3.05, 3.63) is 35.4 Å². The molecule has 4 nitrogen and oxygen atoms in total. The van der Waals surface area contributed by atoms with Crippen molar-refractivity contribution in [3.63, 3.8) is 0 Å². The maximum absolute atomic E-state index is 10.9. The number of fused-ring (bicyclic) bond motifs is 4. The van der Waals surface area contributed by atoms with Crippen LogP contribution in [0.15, 0.2) is 24.3 Å². The molecule has 1 aromatic carbocycles. The molecule has 74 valence electrons. The van der Waals surface area contributed by atoms with Gasteiger partial charge in [-0.2, -0.15) is 0 Å². The molecule has 0 radical (unpaired) electrons. The smallest absolute Gasteiger partial charge is 0.338 e. The number of carboxylic acids is 1. The van der Waals surface area contributed by atoms with Crippen LogP contribution in [0.3, 0.4) is 0 Å². The van der Waals surface area contributed by atoms with Gasteiger partial charge in [0, 0.05) is 6.92 Å². The Balaban J connectivity index is 0.000000213. The number of aliphatic carboxylic acids is 1. The van der Waals surface area contributed by atoms with Crippen molar-refractivity contribution < 1.29 is 19.4 Å². The number of hydrogen-bond donors (Lipinski definition) is 1. The van der Waals surface area contributed by atoms with Crippen LogP contribution in [0.2, 0.25) is 0 Å². The second-order valence-corrected chi connectivity index (χ2v) is 2.79. The van der Waals surface area contributed by atoms with Crippen LogP contribution in [0.1, 0.15) is 22.8 Å². The summed E-state index contributed by atoms with van der Waals surface area (Å²) in [6, 6.07) is 7.37. The molecule has 0 saturated heterocycles. The Morgan fingerprint density at radius 2 is 1.86 bits per heavy atom. The standard InChI is InChI=1S/C8H6O2.C2H4O2/c9-8-7-3-1-6(2-4-7)5-10-8;1-2(3)4/h1-4H,5H2;1H3,(H,3,4). The van der Waals surface area contributed by atoms with E-state index in [2.05, 4.69) is 0 Å². The van der Waals surface area contributed by atoms with Gasteiger partial charge in [0.25, 0.3) is 5.97 Å². The third-order valence-corrected chi connectivity index (χ3v) is 1.56. The summed E-state index contributed by atoms with van der Waals surface area (Å²) in [6.45, 7) is 1.50. The van der Waals surface area contributed by atoms with Gasteiger partial charge in [0.15, 0.2) is 0 Å². The van der Waals surface area contributed by atoms with E-state index in [9.17, 15) is 4.79 Å². The van der Waals surface area contributed by atoms with Gasteiger partial charge < -0.3 is 9.84 Å². The van der Waals surface area contributed by atoms with E-state index in [0.717, 1.165) is 12.5 Å². The highest BCUT2D eigenvalue weighted by Gasteiger charge is 2.10. The summed E-state index contributed by atoms with van der Waals surface area (Å²) in [4.78, 5) is 19.9. The van der Waals surface area contributed by atoms with E-state index >= 15 is 0 Å². The van der Waals surface area contributed by atoms with Gasteiger partial charge in [-0.3, -0.25) is 4.79 Å². The quantitative estimate of drug-likeness (QED) is 0.635. The number of rotatable bonds is 0. The Morgan fingerprint density at radius 3 is 2.36 bits per heavy atom. The third kappa shape index (κ3) is 2.90. The summed E-state index contributed by atoms with van der Waals surface area (Å²) >= 11 is 0. The van der Waals surface area contributed by atoms with Crippen molar-refractivity contribution in [2.45, 2.75) is 13.5 Å². The highest BCUT2D eigenvalue weighted by atomic mass is 16.5. The van der Waals surface area contributed by atoms with Gasteiger partial charge in [0.2, 0.25) is 0 Å². The Bertz CT molecular complexity index is 336. The van der Waals surface area contributed by atoms with Gasteiger partial charge in [-0.1, -0.05) is 12.1 Å². The van der Waals surface area contributed by atoms with Crippen LogP contribution in [0.25, 0.3) is 0 Å². The van der Waals surface area contributed by atoms with Crippen LogP contribution in [-0.2, 0) is 16.1 Å². The van der Waals surface area contributed by atoms with Gasteiger partial charge in [-0.15, -0.1) is 0 Å². The van der Waals surface area contributed by atoms with Crippen molar-refractivity contribution >= 4 is 11.9 Å². The zero-order valence-electron chi connectivity index (χ0n) is 7.69. The van der Waals surface area contributed by atoms with Crippen LogP contribution in [-0.4, -0.2) is 17.0 Å². The van der Waals surface area contributed by atoms with Crippen molar-refractivity contribution in [1.82, 2.24) is 0 Å². The molecule has 0 amide bonds. The fourth-order valence-corrected chi connectivity index (χ4v) is 0.969. The van der Waals surface area contributed by atoms with Gasteiger partial charge in [-0.05, 0) is 17.7 Å². The van der Waals surface area contributed by atoms with Gasteiger partial charge in [-0.25, -0.2) is 4.79 Å². The van der Waals surface area contributed by atoms with Crippen molar-refractivity contribution in [2.75, 3.05) is 0 Å². The van der Waals surface area contributed by atoms with Crippen molar-refractivity contribution in [2.24, 2.45) is 0 Å². The first-order valence-electron chi connectivity index (χ1n) is 4.05. The Labute approximate surface area is 81.1 Å². The number of benzene rings is 1. The first-order chi connectivity index (χ1) is 6.59. The molecule has 2 aliphatic heterocycles. The summed E-state index contributed by atoms with van der Waals surface area (Å²) in [5.41, 5.74) is 1.69. The molecule has 0 saturated carbocycles. The predicted octanol–water partition coefficient (Wildman–Crippen LogP) is 1.45. The summed E-state index contributed by atoms with van der Waals surface area (Å²) in [6.07, 6.45) is 0. The van der Waals surface area contributed by atoms with Gasteiger partial charge in [0.1, 0.15) is 6.61 Å². The van der Waals surface area contributed by atoms with Crippen LogP contribution >= 0.6 is 0 Å². The maximum atomic E-state index is 10.9. The average molecular weight is 194 g/mol. The summed E-state index contributed by atoms with van der Waals surface area (Å²) in [5, 5.41) is 7.42. The minimum atomic E-state index is -0.833. The topological polar surface area (TPSA) is 63.6 Å². The molecule has 0 unspecified atom stereocenters. The summed E-state index contributed by atoms with van der Waals surface area (Å²) in [5.74, 6) is -1.06. The van der Waals surface area contributed by atoms with E-state index in [1.807, 2.05) is 12.1 Å². The fourth-order valence-electron chi connectivity index (χ4n) is 0.969. The highest BCUT2D eigenvalue weighted by molar-refractivity contribution is 5.89. The highest BCUT2D eigenvalue weighted by Crippen LogP contribution is 2.12. The van der Waals surface area contributed by atoms with E-state index in [4.69, 9.17) is 14.6 Å². The van der Waals surface area contributed by atoms with E-state index < -0.39 is 5.97 Å². The molecule has 0 fully saturated rings. The van der Waals surface area contributed by atoms with E-state index in [1.165, 1.54) is 0 Å². The summed E-state index contributed by atoms with van der Waals surface area (Å²) < 4.78 is 4.85. The van der Waals surface area contributed by atoms with Gasteiger partial charge in [0.05, 0.1) is 5.56 Å². The molecule has 4 heteroatoms. The molecular formula is C10H10O4. The number of carbonyl (C=O) groups excluding carboxylic acids is 1. The Morgan fingerprint density at radius 1 is 1.36 bits per heavy atom. The average Bonchev–Trinajstić information content (AvgIpc) is 2.39. The van der Waals surface area contributed by atoms with E-state index in [-0.39, 0.29) is 5.97 Å². The number of carboxylic acid groups (broad SMARTS) is 1. The molecule has 1 N–H and O–H groups in total. The monoisotopic (exact) mass is 194 g/mol.